The molecule has 7 nitrogen and oxygen atoms in total. The number of hydrogen-bond donors (Lipinski definition) is 1. The van der Waals surface area contributed by atoms with Gasteiger partial charge in [0, 0.05) is 28.6 Å². The summed E-state index contributed by atoms with van der Waals surface area (Å²) in [6.07, 6.45) is 0.768. The van der Waals surface area contributed by atoms with Gasteiger partial charge in [-0.3, -0.25) is 4.79 Å². The number of nitrogens with one attached hydrogen (secondary N) is 1. The Bertz CT molecular complexity index is 1200. The second-order valence-corrected chi connectivity index (χ2v) is 9.29. The Hall–Kier alpha value is -3.39. The maximum Gasteiger partial charge on any atom is 0.221 e. The fraction of sp³-hybridized carbons (Fsp3) is 0.320. The van der Waals surface area contributed by atoms with Crippen molar-refractivity contribution in [1.82, 2.24) is 4.98 Å². The predicted octanol–water partition coefficient (Wildman–Crippen LogP) is 4.94. The van der Waals surface area contributed by atoms with E-state index in [1.165, 1.54) is 11.8 Å². The predicted molar refractivity (Wildman–Crippen MR) is 133 cm³/mol. The monoisotopic (exact) mass is 464 g/mol. The third-order valence-corrected chi connectivity index (χ3v) is 6.76. The first-order valence-electron chi connectivity index (χ1n) is 10.8. The standard InChI is InChI=1S/C25H28N4O3S/c1-14-11-19-12-22(31-5)23(32-6)13-21(19)24(18-7-9-20(10-8-18)27-17(4)30)28-29(14)25-26-15(2)16(3)33-25/h7-10,12-14H,11H2,1-6H3,(H,27,30)/t14-/m1/s1. The molecule has 2 heterocycles. The first-order chi connectivity index (χ1) is 15.8. The molecule has 1 amide bonds. The molecule has 1 aromatic heterocycles. The molecule has 1 atom stereocenters. The zero-order valence-corrected chi connectivity index (χ0v) is 20.5. The lowest BCUT2D eigenvalue weighted by atomic mass is 9.94. The van der Waals surface area contributed by atoms with Crippen LogP contribution in [0.1, 0.15) is 41.1 Å². The van der Waals surface area contributed by atoms with Gasteiger partial charge in [0.15, 0.2) is 11.5 Å². The summed E-state index contributed by atoms with van der Waals surface area (Å²) in [6.45, 7) is 7.75. The number of methoxy groups -OCH3 is 2. The van der Waals surface area contributed by atoms with Crippen molar-refractivity contribution in [2.45, 2.75) is 40.2 Å². The number of thiazole rings is 1. The van der Waals surface area contributed by atoms with Gasteiger partial charge in [-0.15, -0.1) is 11.3 Å². The number of hydrogen-bond acceptors (Lipinski definition) is 7. The zero-order chi connectivity index (χ0) is 23.7. The Balaban J connectivity index is 1.89. The molecule has 33 heavy (non-hydrogen) atoms. The summed E-state index contributed by atoms with van der Waals surface area (Å²) < 4.78 is 11.2. The number of nitrogens with zero attached hydrogens (tertiary/aromatic N) is 3. The van der Waals surface area contributed by atoms with Crippen LogP contribution in [0.15, 0.2) is 41.5 Å². The van der Waals surface area contributed by atoms with E-state index in [0.29, 0.717) is 11.5 Å². The average molecular weight is 465 g/mol. The minimum atomic E-state index is -0.105. The van der Waals surface area contributed by atoms with Crippen LogP contribution < -0.4 is 19.8 Å². The number of anilines is 2. The van der Waals surface area contributed by atoms with Gasteiger partial charge in [-0.1, -0.05) is 12.1 Å². The topological polar surface area (TPSA) is 76.1 Å². The number of hydrazone groups is 1. The van der Waals surface area contributed by atoms with Crippen LogP contribution >= 0.6 is 11.3 Å². The third-order valence-electron chi connectivity index (χ3n) is 5.70. The Kier molecular flexibility index (Phi) is 6.37. The van der Waals surface area contributed by atoms with Crippen molar-refractivity contribution in [3.8, 4) is 11.5 Å². The van der Waals surface area contributed by atoms with Crippen LogP contribution in [0.5, 0.6) is 11.5 Å². The van der Waals surface area contributed by atoms with Crippen LogP contribution in [0.25, 0.3) is 0 Å². The lowest BCUT2D eigenvalue weighted by Crippen LogP contribution is -2.29. The van der Waals surface area contributed by atoms with E-state index < -0.39 is 0 Å². The van der Waals surface area contributed by atoms with Crippen LogP contribution in [0, 0.1) is 13.8 Å². The van der Waals surface area contributed by atoms with E-state index >= 15 is 0 Å². The van der Waals surface area contributed by atoms with Crippen LogP contribution in [-0.2, 0) is 11.2 Å². The highest BCUT2D eigenvalue weighted by Crippen LogP contribution is 2.36. The molecule has 0 radical (unpaired) electrons. The number of carbonyl (C=O) groups excluding carboxylic acids is 1. The highest BCUT2D eigenvalue weighted by Gasteiger charge is 2.28. The molecular weight excluding hydrogens is 436 g/mol. The van der Waals surface area contributed by atoms with E-state index in [9.17, 15) is 4.79 Å². The molecule has 8 heteroatoms. The number of carbonyl (C=O) groups is 1. The molecule has 172 valence electrons. The molecule has 3 aromatic rings. The van der Waals surface area contributed by atoms with Crippen LogP contribution in [0.4, 0.5) is 10.8 Å². The number of fused-ring (bicyclic) bond motifs is 1. The van der Waals surface area contributed by atoms with E-state index in [0.717, 1.165) is 45.3 Å². The van der Waals surface area contributed by atoms with Gasteiger partial charge in [0.1, 0.15) is 0 Å². The van der Waals surface area contributed by atoms with Crippen molar-refractivity contribution in [3.63, 3.8) is 0 Å². The maximum atomic E-state index is 11.4. The fourth-order valence-electron chi connectivity index (χ4n) is 3.89. The summed E-state index contributed by atoms with van der Waals surface area (Å²) in [6, 6.07) is 11.8. The van der Waals surface area contributed by atoms with Gasteiger partial charge in [-0.25, -0.2) is 9.99 Å². The number of benzene rings is 2. The van der Waals surface area contributed by atoms with Crippen LogP contribution in [-0.4, -0.2) is 36.9 Å². The highest BCUT2D eigenvalue weighted by molar-refractivity contribution is 7.15. The summed E-state index contributed by atoms with van der Waals surface area (Å²) in [5, 5.41) is 10.8. The number of rotatable bonds is 5. The van der Waals surface area contributed by atoms with Gasteiger partial charge in [0.25, 0.3) is 0 Å². The number of ether oxygens (including phenoxy) is 2. The van der Waals surface area contributed by atoms with Gasteiger partial charge >= 0.3 is 0 Å². The highest BCUT2D eigenvalue weighted by atomic mass is 32.1. The lowest BCUT2D eigenvalue weighted by molar-refractivity contribution is -0.114. The first kappa shape index (κ1) is 22.8. The Morgan fingerprint density at radius 3 is 2.36 bits per heavy atom. The summed E-state index contributed by atoms with van der Waals surface area (Å²) in [4.78, 5) is 17.4. The van der Waals surface area contributed by atoms with Crippen molar-refractivity contribution < 1.29 is 14.3 Å². The summed E-state index contributed by atoms with van der Waals surface area (Å²) in [5.41, 5.74) is 5.61. The largest absolute Gasteiger partial charge is 0.493 e. The minimum absolute atomic E-state index is 0.0861. The summed E-state index contributed by atoms with van der Waals surface area (Å²) in [5.74, 6) is 1.24. The number of amides is 1. The molecule has 1 aliphatic rings. The van der Waals surface area contributed by atoms with E-state index in [1.54, 1.807) is 25.6 Å². The average Bonchev–Trinajstić information content (AvgIpc) is 3.04. The molecule has 2 aromatic carbocycles. The fourth-order valence-corrected chi connectivity index (χ4v) is 4.85. The third kappa shape index (κ3) is 4.57. The maximum absolute atomic E-state index is 11.4. The van der Waals surface area contributed by atoms with Crippen molar-refractivity contribution >= 4 is 33.8 Å². The van der Waals surface area contributed by atoms with Crippen LogP contribution in [0.3, 0.4) is 0 Å². The first-order valence-corrected chi connectivity index (χ1v) is 11.6. The van der Waals surface area contributed by atoms with Gasteiger partial charge in [0.05, 0.1) is 31.7 Å². The van der Waals surface area contributed by atoms with Crippen molar-refractivity contribution in [2.75, 3.05) is 24.5 Å². The minimum Gasteiger partial charge on any atom is -0.493 e. The van der Waals surface area contributed by atoms with Crippen molar-refractivity contribution in [3.05, 3.63) is 63.7 Å². The molecule has 0 saturated heterocycles. The smallest absolute Gasteiger partial charge is 0.221 e. The molecule has 0 unspecified atom stereocenters. The molecular formula is C25H28N4O3S. The van der Waals surface area contributed by atoms with Crippen molar-refractivity contribution in [1.29, 1.82) is 0 Å². The molecule has 0 spiro atoms. The normalized spacial score (nSPS) is 15.4. The quantitative estimate of drug-likeness (QED) is 0.579. The van der Waals surface area contributed by atoms with Gasteiger partial charge < -0.3 is 14.8 Å². The van der Waals surface area contributed by atoms with E-state index in [4.69, 9.17) is 19.6 Å². The van der Waals surface area contributed by atoms with Gasteiger partial charge in [0.2, 0.25) is 11.0 Å². The molecule has 1 aliphatic heterocycles. The van der Waals surface area contributed by atoms with Crippen molar-refractivity contribution in [2.24, 2.45) is 5.10 Å². The Morgan fingerprint density at radius 1 is 1.12 bits per heavy atom. The second kappa shape index (κ2) is 9.23. The summed E-state index contributed by atoms with van der Waals surface area (Å²) >= 11 is 1.65. The van der Waals surface area contributed by atoms with Gasteiger partial charge in [-0.05, 0) is 57.0 Å². The molecule has 0 aliphatic carbocycles. The molecule has 1 N–H and O–H groups in total. The second-order valence-electron chi connectivity index (χ2n) is 8.11. The van der Waals surface area contributed by atoms with E-state index in [1.807, 2.05) is 48.3 Å². The molecule has 0 bridgehead atoms. The Morgan fingerprint density at radius 2 is 1.79 bits per heavy atom. The Labute approximate surface area is 198 Å². The lowest BCUT2D eigenvalue weighted by Gasteiger charge is -2.22. The van der Waals surface area contributed by atoms with Gasteiger partial charge in [-0.2, -0.15) is 5.10 Å². The van der Waals surface area contributed by atoms with Crippen LogP contribution in [0.2, 0.25) is 0 Å². The van der Waals surface area contributed by atoms with E-state index in [-0.39, 0.29) is 11.9 Å². The SMILES string of the molecule is COc1cc2c(cc1OC)C(c1ccc(NC(C)=O)cc1)=NN(c1nc(C)c(C)s1)[C@H](C)C2. The number of aryl methyl sites for hydroxylation is 2. The molecule has 0 saturated carbocycles. The summed E-state index contributed by atoms with van der Waals surface area (Å²) in [7, 11) is 3.28. The zero-order valence-electron chi connectivity index (χ0n) is 19.7. The molecule has 4 rings (SSSR count). The number of aromatic nitrogens is 1. The van der Waals surface area contributed by atoms with E-state index in [2.05, 4.69) is 19.2 Å². The molecule has 0 fully saturated rings.